The summed E-state index contributed by atoms with van der Waals surface area (Å²) in [5, 5.41) is 5.59. The van der Waals surface area contributed by atoms with Crippen LogP contribution in [0.5, 0.6) is 0 Å². The summed E-state index contributed by atoms with van der Waals surface area (Å²) >= 11 is 0. The van der Waals surface area contributed by atoms with E-state index in [2.05, 4.69) is 15.6 Å². The Labute approximate surface area is 161 Å². The van der Waals surface area contributed by atoms with Gasteiger partial charge in [0.25, 0.3) is 0 Å². The molecule has 0 saturated heterocycles. The van der Waals surface area contributed by atoms with Crippen molar-refractivity contribution in [1.29, 1.82) is 0 Å². The Morgan fingerprint density at radius 3 is 2.44 bits per heavy atom. The van der Waals surface area contributed by atoms with Gasteiger partial charge < -0.3 is 15.4 Å². The predicted octanol–water partition coefficient (Wildman–Crippen LogP) is 3.10. The van der Waals surface area contributed by atoms with E-state index >= 15 is 0 Å². The van der Waals surface area contributed by atoms with E-state index in [1.54, 1.807) is 39.1 Å². The number of hydrogen-bond donors (Lipinski definition) is 2. The number of pyridine rings is 1. The number of ketones is 1. The molecule has 1 aromatic rings. The Balaban J connectivity index is 2.45. The Kier molecular flexibility index (Phi) is 8.91. The first kappa shape index (κ1) is 22.6. The third kappa shape index (κ3) is 10.3. The molecule has 0 aliphatic heterocycles. The first-order valence-corrected chi connectivity index (χ1v) is 9.26. The third-order valence-electron chi connectivity index (χ3n) is 3.59. The summed E-state index contributed by atoms with van der Waals surface area (Å²) in [6, 6.07) is 3.13. The van der Waals surface area contributed by atoms with E-state index in [9.17, 15) is 14.4 Å². The van der Waals surface area contributed by atoms with Crippen molar-refractivity contribution in [2.24, 2.45) is 5.92 Å². The summed E-state index contributed by atoms with van der Waals surface area (Å²) < 4.78 is 5.27. The highest BCUT2D eigenvalue weighted by Crippen LogP contribution is 2.09. The molecule has 1 rings (SSSR count). The second kappa shape index (κ2) is 10.6. The number of nitrogens with zero attached hydrogens (tertiary/aromatic N) is 1. The number of alkyl carbamates (subject to hydrolysis) is 1. The number of amides is 2. The molecule has 1 heterocycles. The van der Waals surface area contributed by atoms with Crippen LogP contribution in [0, 0.1) is 5.92 Å². The average Bonchev–Trinajstić information content (AvgIpc) is 2.56. The third-order valence-corrected chi connectivity index (χ3v) is 3.59. The molecule has 0 aliphatic carbocycles. The summed E-state index contributed by atoms with van der Waals surface area (Å²) in [6.07, 6.45) is 3.49. The fraction of sp³-hybridized carbons (Fsp3) is 0.600. The number of hydrogen-bond acceptors (Lipinski definition) is 5. The highest BCUT2D eigenvalue weighted by molar-refractivity contribution is 5.97. The summed E-state index contributed by atoms with van der Waals surface area (Å²) in [6.45, 7) is 9.76. The molecule has 150 valence electrons. The molecule has 0 radical (unpaired) electrons. The number of carbonyl (C=O) groups excluding carboxylic acids is 3. The maximum atomic E-state index is 12.1. The number of rotatable bonds is 9. The molecule has 1 aromatic heterocycles. The molecule has 0 aliphatic rings. The van der Waals surface area contributed by atoms with Gasteiger partial charge in [0, 0.05) is 43.4 Å². The van der Waals surface area contributed by atoms with Gasteiger partial charge in [-0.25, -0.2) is 4.79 Å². The van der Waals surface area contributed by atoms with Crippen molar-refractivity contribution in [3.63, 3.8) is 0 Å². The fourth-order valence-corrected chi connectivity index (χ4v) is 2.46. The molecule has 2 amide bonds. The van der Waals surface area contributed by atoms with Gasteiger partial charge in [-0.2, -0.15) is 0 Å². The molecule has 0 spiro atoms. The van der Waals surface area contributed by atoms with Gasteiger partial charge >= 0.3 is 6.09 Å². The van der Waals surface area contributed by atoms with Crippen LogP contribution in [0.2, 0.25) is 0 Å². The molecule has 27 heavy (non-hydrogen) atoms. The lowest BCUT2D eigenvalue weighted by Gasteiger charge is -2.24. The standard InChI is InChI=1S/C20H31N3O4/c1-14(2)11-16(23-19(26)27-20(3,4)5)13-22-18(25)9-8-17(24)15-7-6-10-21-12-15/h6-7,10,12,14,16H,8-9,11,13H2,1-5H3,(H,22,25)(H,23,26). The van der Waals surface area contributed by atoms with E-state index in [-0.39, 0.29) is 37.1 Å². The van der Waals surface area contributed by atoms with Crippen molar-refractivity contribution in [1.82, 2.24) is 15.6 Å². The van der Waals surface area contributed by atoms with Gasteiger partial charge in [0.2, 0.25) is 5.91 Å². The van der Waals surface area contributed by atoms with Crippen molar-refractivity contribution in [3.8, 4) is 0 Å². The van der Waals surface area contributed by atoms with E-state index in [0.29, 0.717) is 17.9 Å². The van der Waals surface area contributed by atoms with Crippen LogP contribution in [-0.2, 0) is 9.53 Å². The lowest BCUT2D eigenvalue weighted by molar-refractivity contribution is -0.121. The second-order valence-electron chi connectivity index (χ2n) is 7.94. The Bertz CT molecular complexity index is 624. The molecule has 0 bridgehead atoms. The van der Waals surface area contributed by atoms with Gasteiger partial charge in [0.05, 0.1) is 0 Å². The summed E-state index contributed by atoms with van der Waals surface area (Å²) in [4.78, 5) is 39.9. The second-order valence-corrected chi connectivity index (χ2v) is 7.94. The van der Waals surface area contributed by atoms with Crippen molar-refractivity contribution in [2.45, 2.75) is 65.5 Å². The maximum absolute atomic E-state index is 12.1. The summed E-state index contributed by atoms with van der Waals surface area (Å²) in [5.41, 5.74) is -0.0860. The van der Waals surface area contributed by atoms with E-state index in [4.69, 9.17) is 4.74 Å². The molecular weight excluding hydrogens is 346 g/mol. The van der Waals surface area contributed by atoms with Gasteiger partial charge in [-0.3, -0.25) is 14.6 Å². The Morgan fingerprint density at radius 2 is 1.89 bits per heavy atom. The number of carbonyl (C=O) groups is 3. The van der Waals surface area contributed by atoms with Crippen LogP contribution in [0.15, 0.2) is 24.5 Å². The molecule has 0 saturated carbocycles. The van der Waals surface area contributed by atoms with Crippen LogP contribution in [0.25, 0.3) is 0 Å². The van der Waals surface area contributed by atoms with E-state index < -0.39 is 11.7 Å². The van der Waals surface area contributed by atoms with Gasteiger partial charge in [-0.05, 0) is 45.2 Å². The minimum atomic E-state index is -0.581. The molecular formula is C20H31N3O4. The van der Waals surface area contributed by atoms with Crippen LogP contribution in [0.4, 0.5) is 4.79 Å². The highest BCUT2D eigenvalue weighted by atomic mass is 16.6. The van der Waals surface area contributed by atoms with Crippen LogP contribution < -0.4 is 10.6 Å². The van der Waals surface area contributed by atoms with Crippen molar-refractivity contribution >= 4 is 17.8 Å². The lowest BCUT2D eigenvalue weighted by atomic mass is 10.0. The largest absolute Gasteiger partial charge is 0.444 e. The van der Waals surface area contributed by atoms with Crippen LogP contribution in [0.1, 0.15) is 64.2 Å². The maximum Gasteiger partial charge on any atom is 0.407 e. The first-order chi connectivity index (χ1) is 12.6. The summed E-state index contributed by atoms with van der Waals surface area (Å²) in [7, 11) is 0. The molecule has 0 aromatic carbocycles. The number of nitrogens with one attached hydrogen (secondary N) is 2. The van der Waals surface area contributed by atoms with E-state index in [0.717, 1.165) is 0 Å². The zero-order valence-corrected chi connectivity index (χ0v) is 16.9. The first-order valence-electron chi connectivity index (χ1n) is 9.26. The van der Waals surface area contributed by atoms with Gasteiger partial charge in [0.1, 0.15) is 5.60 Å². The zero-order valence-electron chi connectivity index (χ0n) is 16.9. The minimum Gasteiger partial charge on any atom is -0.444 e. The Morgan fingerprint density at radius 1 is 1.19 bits per heavy atom. The number of ether oxygens (including phenoxy) is 1. The van der Waals surface area contributed by atoms with Gasteiger partial charge in [0.15, 0.2) is 5.78 Å². The molecule has 7 nitrogen and oxygen atoms in total. The smallest absolute Gasteiger partial charge is 0.407 e. The minimum absolute atomic E-state index is 0.0918. The average molecular weight is 377 g/mol. The normalized spacial score (nSPS) is 12.4. The molecule has 0 fully saturated rings. The molecule has 1 atom stereocenters. The predicted molar refractivity (Wildman–Crippen MR) is 103 cm³/mol. The van der Waals surface area contributed by atoms with Crippen LogP contribution in [-0.4, -0.2) is 41.0 Å². The number of aromatic nitrogens is 1. The van der Waals surface area contributed by atoms with Gasteiger partial charge in [-0.15, -0.1) is 0 Å². The highest BCUT2D eigenvalue weighted by Gasteiger charge is 2.20. The van der Waals surface area contributed by atoms with Crippen LogP contribution >= 0.6 is 0 Å². The summed E-state index contributed by atoms with van der Waals surface area (Å²) in [5.74, 6) is -0.00940. The van der Waals surface area contributed by atoms with Crippen molar-refractivity contribution in [3.05, 3.63) is 30.1 Å². The fourth-order valence-electron chi connectivity index (χ4n) is 2.46. The van der Waals surface area contributed by atoms with Crippen molar-refractivity contribution < 1.29 is 19.1 Å². The monoisotopic (exact) mass is 377 g/mol. The van der Waals surface area contributed by atoms with Gasteiger partial charge in [-0.1, -0.05) is 13.8 Å². The van der Waals surface area contributed by atoms with E-state index in [1.807, 2.05) is 13.8 Å². The topological polar surface area (TPSA) is 97.4 Å². The zero-order chi connectivity index (χ0) is 20.4. The lowest BCUT2D eigenvalue weighted by Crippen LogP contribution is -2.46. The number of Topliss-reactive ketones (excluding diaryl/α,β-unsaturated/α-hetero) is 1. The molecule has 7 heteroatoms. The van der Waals surface area contributed by atoms with Crippen molar-refractivity contribution in [2.75, 3.05) is 6.54 Å². The molecule has 2 N–H and O–H groups in total. The Hall–Kier alpha value is -2.44. The quantitative estimate of drug-likeness (QED) is 0.645. The SMILES string of the molecule is CC(C)CC(CNC(=O)CCC(=O)c1cccnc1)NC(=O)OC(C)(C)C. The van der Waals surface area contributed by atoms with E-state index in [1.165, 1.54) is 6.20 Å². The van der Waals surface area contributed by atoms with Crippen LogP contribution in [0.3, 0.4) is 0 Å². The molecule has 1 unspecified atom stereocenters.